The average molecular weight is 1220 g/mol. The minimum atomic E-state index is -2.05. The van der Waals surface area contributed by atoms with Crippen LogP contribution in [0.1, 0.15) is 34.6 Å². The van der Waals surface area contributed by atoms with Crippen molar-refractivity contribution in [1.29, 1.82) is 0 Å². The summed E-state index contributed by atoms with van der Waals surface area (Å²) < 4.78 is 65.8. The topological polar surface area (TPSA) is 533 Å². The summed E-state index contributed by atoms with van der Waals surface area (Å²) in [6.45, 7) is -0.361. The lowest BCUT2D eigenvalue weighted by atomic mass is 9.92. The second-order valence-electron chi connectivity index (χ2n) is 21.4. The summed E-state index contributed by atoms with van der Waals surface area (Å²) in [5, 5.41) is 166. The van der Waals surface area contributed by atoms with Gasteiger partial charge < -0.3 is 150 Å². The zero-order valence-electron chi connectivity index (χ0n) is 46.8. The Labute approximate surface area is 480 Å². The maximum atomic E-state index is 12.8. The summed E-state index contributed by atoms with van der Waals surface area (Å²) in [5.41, 5.74) is 0. The smallest absolute Gasteiger partial charge is 0.217 e. The standard InChI is InChI=1S/C48H82N6O30/c1-14(61)49-25-32(67)38(20(9-56)74-43(25)73)80-44-26(50-15(2)62)33(68)39(21(10-57)76-44)81-45-27(51-16(3)63)34(69)40(22(11-58)77-45)82-46-28(52-17(4)64)35(70)41(23(12-59)78-46)83-47-29(53-18(5)65)36(71)42(24(13-60)79-47)84-48-30(54(6)7)37(72)31(66)19(8-55)75-48/h19-48,55-60,66-73H,8-13H2,1-7H3,(H,49,61)(H,50,62)(H,51,63)(H,52,64)(H,53,65)/t19-,20-,21-,22-,23-,24-,25-,26-,27-,28-,29-,30-,31-,32-,33-,34-,35-,36-,37-,38-,39-,40-,41-,42-,43?,44+,45+,46+,47+,48+/m1/s1. The highest BCUT2D eigenvalue weighted by Crippen LogP contribution is 2.37. The van der Waals surface area contributed by atoms with Gasteiger partial charge in [-0.2, -0.15) is 0 Å². The van der Waals surface area contributed by atoms with Gasteiger partial charge in [-0.05, 0) is 14.1 Å². The van der Waals surface area contributed by atoms with Crippen molar-refractivity contribution < 1.29 is 148 Å². The van der Waals surface area contributed by atoms with Gasteiger partial charge in [-0.15, -0.1) is 0 Å². The van der Waals surface area contributed by atoms with Gasteiger partial charge in [0.25, 0.3) is 0 Å². The Balaban J connectivity index is 1.23. The van der Waals surface area contributed by atoms with Crippen LogP contribution in [0.4, 0.5) is 0 Å². The van der Waals surface area contributed by atoms with Crippen LogP contribution in [0.15, 0.2) is 0 Å². The molecule has 36 heteroatoms. The molecule has 6 aliphatic rings. The minimum Gasteiger partial charge on any atom is -0.394 e. The molecule has 1 unspecified atom stereocenters. The maximum absolute atomic E-state index is 12.8. The highest BCUT2D eigenvalue weighted by atomic mass is 16.8. The van der Waals surface area contributed by atoms with Crippen molar-refractivity contribution in [2.45, 2.75) is 218 Å². The molecule has 6 heterocycles. The number of carbonyl (C=O) groups is 5. The van der Waals surface area contributed by atoms with Gasteiger partial charge in [0.1, 0.15) is 140 Å². The SMILES string of the molecule is CC(=O)N[C@H]1[C@H](O[C@H]2[C@H](O)[C@@H](NC(C)=O)[C@H](O[C@H]3[C@H](O)[C@@H](NC(C)=O)C(O)O[C@@H]3CO)O[C@@H]2CO)O[C@H](CO)[C@@H](O[C@@H]2O[C@H](CO)[C@@H](O[C@@H]3O[C@H](CO)[C@@H](O[C@@H]4O[C@H](CO)[C@@H](O)[C@H](O)[C@H]4N(C)C)[C@H](O)[C@H]3NC(C)=O)[C@H](O)[C@H]2NC(C)=O)[C@@H]1O. The molecule has 0 aliphatic carbocycles. The quantitative estimate of drug-likeness (QED) is 0.0479. The van der Waals surface area contributed by atoms with Crippen molar-refractivity contribution in [1.82, 2.24) is 31.5 Å². The molecule has 30 atom stereocenters. The van der Waals surface area contributed by atoms with E-state index in [4.69, 9.17) is 52.1 Å². The number of hydrogen-bond acceptors (Lipinski definition) is 31. The van der Waals surface area contributed by atoms with Crippen LogP contribution in [-0.2, 0) is 76.1 Å². The van der Waals surface area contributed by atoms with Crippen molar-refractivity contribution in [3.05, 3.63) is 0 Å². The van der Waals surface area contributed by atoms with Crippen LogP contribution in [0.5, 0.6) is 0 Å². The van der Waals surface area contributed by atoms with E-state index in [1.54, 1.807) is 0 Å². The number of aliphatic hydroxyl groups excluding tert-OH is 14. The summed E-state index contributed by atoms with van der Waals surface area (Å²) in [6.07, 6.45) is -42.0. The van der Waals surface area contributed by atoms with E-state index in [0.717, 1.165) is 34.6 Å². The molecule has 6 saturated heterocycles. The van der Waals surface area contributed by atoms with E-state index in [1.165, 1.54) is 19.0 Å². The Hall–Kier alpha value is -3.69. The highest BCUT2D eigenvalue weighted by Gasteiger charge is 2.59. The first-order valence-corrected chi connectivity index (χ1v) is 27.0. The van der Waals surface area contributed by atoms with E-state index in [1.807, 2.05) is 0 Å². The summed E-state index contributed by atoms with van der Waals surface area (Å²) in [4.78, 5) is 64.2. The molecule has 0 spiro atoms. The Morgan fingerprint density at radius 3 is 0.810 bits per heavy atom. The Bertz CT molecular complexity index is 2170. The number of nitrogens with one attached hydrogen (secondary N) is 5. The molecule has 0 saturated carbocycles. The van der Waals surface area contributed by atoms with Gasteiger partial charge in [0.15, 0.2) is 37.7 Å². The second kappa shape index (κ2) is 30.5. The Morgan fingerprint density at radius 2 is 0.560 bits per heavy atom. The van der Waals surface area contributed by atoms with Crippen LogP contribution in [-0.4, -0.2) is 344 Å². The van der Waals surface area contributed by atoms with Crippen molar-refractivity contribution in [3.8, 4) is 0 Å². The van der Waals surface area contributed by atoms with Crippen LogP contribution in [0.2, 0.25) is 0 Å². The third-order valence-corrected chi connectivity index (χ3v) is 15.0. The molecule has 0 aromatic carbocycles. The summed E-state index contributed by atoms with van der Waals surface area (Å²) in [6, 6.07) is -9.50. The van der Waals surface area contributed by atoms with Crippen molar-refractivity contribution >= 4 is 29.5 Å². The molecular formula is C48H82N6O30. The lowest BCUT2D eigenvalue weighted by Crippen LogP contribution is -2.72. The lowest BCUT2D eigenvalue weighted by molar-refractivity contribution is -0.371. The van der Waals surface area contributed by atoms with E-state index in [0.29, 0.717) is 0 Å². The number of likely N-dealkylation sites (N-methyl/N-ethyl adjacent to an activating group) is 1. The van der Waals surface area contributed by atoms with Gasteiger partial charge in [-0.1, -0.05) is 0 Å². The predicted molar refractivity (Wildman–Crippen MR) is 269 cm³/mol. The van der Waals surface area contributed by atoms with Crippen LogP contribution < -0.4 is 26.6 Å². The monoisotopic (exact) mass is 1220 g/mol. The molecular weight excluding hydrogens is 1140 g/mol. The molecule has 19 N–H and O–H groups in total. The van der Waals surface area contributed by atoms with E-state index < -0.39 is 253 Å². The molecule has 0 aromatic rings. The average Bonchev–Trinajstić information content (AvgIpc) is 2.93. The molecule has 6 aliphatic heterocycles. The van der Waals surface area contributed by atoms with E-state index >= 15 is 0 Å². The van der Waals surface area contributed by atoms with E-state index in [2.05, 4.69) is 26.6 Å². The first kappa shape index (κ1) is 69.4. The molecule has 0 radical (unpaired) electrons. The fraction of sp³-hybridized carbons (Fsp3) is 0.896. The fourth-order valence-corrected chi connectivity index (χ4v) is 11.1. The zero-order valence-corrected chi connectivity index (χ0v) is 46.8. The van der Waals surface area contributed by atoms with Crippen molar-refractivity contribution in [3.63, 3.8) is 0 Å². The van der Waals surface area contributed by atoms with E-state index in [-0.39, 0.29) is 0 Å². The van der Waals surface area contributed by atoms with Gasteiger partial charge in [0.05, 0.1) is 45.7 Å². The number of rotatable bonds is 22. The molecule has 6 rings (SSSR count). The van der Waals surface area contributed by atoms with Crippen LogP contribution >= 0.6 is 0 Å². The molecule has 84 heavy (non-hydrogen) atoms. The number of nitrogens with zero attached hydrogens (tertiary/aromatic N) is 1. The normalized spacial score (nSPS) is 44.6. The van der Waals surface area contributed by atoms with Gasteiger partial charge in [-0.3, -0.25) is 28.9 Å². The molecule has 0 bridgehead atoms. The molecule has 484 valence electrons. The lowest BCUT2D eigenvalue weighted by Gasteiger charge is -2.52. The maximum Gasteiger partial charge on any atom is 0.217 e. The van der Waals surface area contributed by atoms with Crippen molar-refractivity contribution in [2.24, 2.45) is 0 Å². The van der Waals surface area contributed by atoms with Crippen LogP contribution in [0, 0.1) is 0 Å². The minimum absolute atomic E-state index is 0.699. The largest absolute Gasteiger partial charge is 0.394 e. The second-order valence-corrected chi connectivity index (χ2v) is 21.4. The first-order valence-electron chi connectivity index (χ1n) is 27.0. The Morgan fingerprint density at radius 1 is 0.333 bits per heavy atom. The summed E-state index contributed by atoms with van der Waals surface area (Å²) in [7, 11) is 3.03. The third kappa shape index (κ3) is 15.8. The fourth-order valence-electron chi connectivity index (χ4n) is 11.1. The number of amides is 5. The molecule has 6 fully saturated rings. The number of ether oxygens (including phenoxy) is 11. The third-order valence-electron chi connectivity index (χ3n) is 15.0. The van der Waals surface area contributed by atoms with Crippen molar-refractivity contribution in [2.75, 3.05) is 53.7 Å². The zero-order chi connectivity index (χ0) is 62.3. The van der Waals surface area contributed by atoms with Crippen LogP contribution in [0.25, 0.3) is 0 Å². The number of aliphatic hydroxyl groups is 14. The summed E-state index contributed by atoms with van der Waals surface area (Å²) >= 11 is 0. The summed E-state index contributed by atoms with van der Waals surface area (Å²) in [5.74, 6) is -3.93. The first-order chi connectivity index (χ1) is 39.6. The number of hydrogen-bond donors (Lipinski definition) is 19. The molecule has 36 nitrogen and oxygen atoms in total. The number of carbonyl (C=O) groups excluding carboxylic acids is 5. The van der Waals surface area contributed by atoms with Gasteiger partial charge >= 0.3 is 0 Å². The van der Waals surface area contributed by atoms with Gasteiger partial charge in [0.2, 0.25) is 29.5 Å². The molecule has 0 aromatic heterocycles. The van der Waals surface area contributed by atoms with Gasteiger partial charge in [0, 0.05) is 34.6 Å². The van der Waals surface area contributed by atoms with Crippen LogP contribution in [0.3, 0.4) is 0 Å². The van der Waals surface area contributed by atoms with E-state index in [9.17, 15) is 95.5 Å². The highest BCUT2D eigenvalue weighted by molar-refractivity contribution is 5.75. The Kier molecular flexibility index (Phi) is 25.2. The van der Waals surface area contributed by atoms with Gasteiger partial charge in [-0.25, -0.2) is 0 Å². The molecule has 5 amide bonds. The predicted octanol–water partition coefficient (Wildman–Crippen LogP) is -12.8.